The van der Waals surface area contributed by atoms with E-state index >= 15 is 0 Å². The van der Waals surface area contributed by atoms with Crippen LogP contribution in [0, 0.1) is 0 Å². The second kappa shape index (κ2) is 5.30. The third-order valence-corrected chi connectivity index (χ3v) is 3.58. The lowest BCUT2D eigenvalue weighted by Gasteiger charge is -2.23. The molecule has 1 saturated carbocycles. The lowest BCUT2D eigenvalue weighted by molar-refractivity contribution is 0.0995. The molecule has 100 valence electrons. The molecule has 2 aromatic rings. The maximum Gasteiger partial charge on any atom is 0.292 e. The molecule has 2 heterocycles. The number of nitrogens with zero attached hydrogens (tertiary/aromatic N) is 2. The number of carbonyl (C=O) groups excluding carboxylic acids is 1. The number of hydrogen-bond acceptors (Lipinski definition) is 3. The first kappa shape index (κ1) is 12.0. The van der Waals surface area contributed by atoms with E-state index in [1.807, 2.05) is 10.7 Å². The van der Waals surface area contributed by atoms with Crippen molar-refractivity contribution < 1.29 is 9.21 Å². The molecule has 1 aliphatic rings. The number of nitrogens with one attached hydrogen (secondary N) is 1. The van der Waals surface area contributed by atoms with Crippen molar-refractivity contribution >= 4 is 11.7 Å². The first-order chi connectivity index (χ1) is 9.34. The maximum atomic E-state index is 12.0. The highest BCUT2D eigenvalue weighted by Gasteiger charge is 2.19. The highest BCUT2D eigenvalue weighted by molar-refractivity contribution is 6.01. The predicted octanol–water partition coefficient (Wildman–Crippen LogP) is 3.23. The molecule has 3 rings (SSSR count). The van der Waals surface area contributed by atoms with Gasteiger partial charge in [0.2, 0.25) is 0 Å². The van der Waals surface area contributed by atoms with Crippen molar-refractivity contribution in [3.8, 4) is 0 Å². The van der Waals surface area contributed by atoms with Gasteiger partial charge in [-0.05, 0) is 25.0 Å². The van der Waals surface area contributed by atoms with Crippen LogP contribution < -0.4 is 5.32 Å². The summed E-state index contributed by atoms with van der Waals surface area (Å²) in [5.41, 5.74) is 0. The summed E-state index contributed by atoms with van der Waals surface area (Å²) in [6.45, 7) is 0. The fourth-order valence-corrected chi connectivity index (χ4v) is 2.62. The molecule has 5 heteroatoms. The van der Waals surface area contributed by atoms with Crippen molar-refractivity contribution in [2.24, 2.45) is 0 Å². The van der Waals surface area contributed by atoms with Crippen LogP contribution >= 0.6 is 0 Å². The van der Waals surface area contributed by atoms with E-state index in [1.54, 1.807) is 18.3 Å². The Morgan fingerprint density at radius 3 is 2.89 bits per heavy atom. The summed E-state index contributed by atoms with van der Waals surface area (Å²) < 4.78 is 7.02. The zero-order valence-corrected chi connectivity index (χ0v) is 10.7. The molecule has 2 aromatic heterocycles. The lowest BCUT2D eigenvalue weighted by Crippen LogP contribution is -2.20. The number of amides is 1. The Kier molecular flexibility index (Phi) is 3.35. The molecule has 1 amide bonds. The number of carbonyl (C=O) groups is 1. The van der Waals surface area contributed by atoms with Gasteiger partial charge < -0.3 is 9.73 Å². The Labute approximate surface area is 111 Å². The van der Waals surface area contributed by atoms with Gasteiger partial charge in [-0.2, -0.15) is 5.10 Å². The standard InChI is InChI=1S/C14H17N3O2/c18-14(12-7-4-10-19-12)16-13-8-9-15-17(13)11-5-2-1-3-6-11/h4,7-11H,1-3,5-6H2,(H,16,18). The average Bonchev–Trinajstić information content (AvgIpc) is 3.11. The van der Waals surface area contributed by atoms with Crippen LogP contribution in [0.3, 0.4) is 0 Å². The van der Waals surface area contributed by atoms with Crippen LogP contribution in [-0.4, -0.2) is 15.7 Å². The van der Waals surface area contributed by atoms with Gasteiger partial charge in [0, 0.05) is 6.07 Å². The van der Waals surface area contributed by atoms with Crippen molar-refractivity contribution in [3.05, 3.63) is 36.4 Å². The molecule has 0 unspecified atom stereocenters. The molecule has 1 aliphatic carbocycles. The normalized spacial score (nSPS) is 16.4. The summed E-state index contributed by atoms with van der Waals surface area (Å²) in [5.74, 6) is 0.826. The average molecular weight is 259 g/mol. The molecular formula is C14H17N3O2. The summed E-state index contributed by atoms with van der Waals surface area (Å²) in [5, 5.41) is 7.20. The van der Waals surface area contributed by atoms with Crippen LogP contribution in [-0.2, 0) is 0 Å². The van der Waals surface area contributed by atoms with Crippen LogP contribution in [0.1, 0.15) is 48.7 Å². The highest BCUT2D eigenvalue weighted by atomic mass is 16.3. The van der Waals surface area contributed by atoms with Gasteiger partial charge in [0.25, 0.3) is 5.91 Å². The van der Waals surface area contributed by atoms with E-state index in [0.717, 1.165) is 18.7 Å². The zero-order valence-electron chi connectivity index (χ0n) is 10.7. The molecule has 1 N–H and O–H groups in total. The smallest absolute Gasteiger partial charge is 0.292 e. The molecule has 0 radical (unpaired) electrons. The summed E-state index contributed by atoms with van der Waals surface area (Å²) in [6.07, 6.45) is 9.24. The van der Waals surface area contributed by atoms with Gasteiger partial charge in [0.05, 0.1) is 18.5 Å². The zero-order chi connectivity index (χ0) is 13.1. The van der Waals surface area contributed by atoms with E-state index in [0.29, 0.717) is 11.8 Å². The molecular weight excluding hydrogens is 242 g/mol. The highest BCUT2D eigenvalue weighted by Crippen LogP contribution is 2.29. The van der Waals surface area contributed by atoms with Crippen molar-refractivity contribution in [2.75, 3.05) is 5.32 Å². The van der Waals surface area contributed by atoms with Gasteiger partial charge in [0.15, 0.2) is 5.76 Å². The van der Waals surface area contributed by atoms with E-state index in [9.17, 15) is 4.79 Å². The van der Waals surface area contributed by atoms with Crippen LogP contribution in [0.15, 0.2) is 35.1 Å². The van der Waals surface area contributed by atoms with Crippen LogP contribution in [0.25, 0.3) is 0 Å². The number of furan rings is 1. The summed E-state index contributed by atoms with van der Waals surface area (Å²) in [6, 6.07) is 5.58. The quantitative estimate of drug-likeness (QED) is 0.920. The topological polar surface area (TPSA) is 60.1 Å². The van der Waals surface area contributed by atoms with E-state index in [2.05, 4.69) is 10.4 Å². The predicted molar refractivity (Wildman–Crippen MR) is 71.0 cm³/mol. The Hall–Kier alpha value is -2.04. The van der Waals surface area contributed by atoms with E-state index in [-0.39, 0.29) is 5.91 Å². The molecule has 0 aliphatic heterocycles. The second-order valence-electron chi connectivity index (χ2n) is 4.88. The fourth-order valence-electron chi connectivity index (χ4n) is 2.62. The van der Waals surface area contributed by atoms with Gasteiger partial charge in [0.1, 0.15) is 5.82 Å². The SMILES string of the molecule is O=C(Nc1ccnn1C1CCCCC1)c1ccco1. The first-order valence-electron chi connectivity index (χ1n) is 6.73. The molecule has 1 fully saturated rings. The Morgan fingerprint density at radius 1 is 1.32 bits per heavy atom. The Morgan fingerprint density at radius 2 is 2.16 bits per heavy atom. The second-order valence-corrected chi connectivity index (χ2v) is 4.88. The van der Waals surface area contributed by atoms with Crippen LogP contribution in [0.4, 0.5) is 5.82 Å². The Balaban J connectivity index is 1.74. The van der Waals surface area contributed by atoms with Gasteiger partial charge in [-0.1, -0.05) is 19.3 Å². The number of hydrogen-bond donors (Lipinski definition) is 1. The van der Waals surface area contributed by atoms with Gasteiger partial charge in [-0.25, -0.2) is 4.68 Å². The lowest BCUT2D eigenvalue weighted by atomic mass is 9.96. The molecule has 19 heavy (non-hydrogen) atoms. The maximum absolute atomic E-state index is 12.0. The molecule has 0 atom stereocenters. The fraction of sp³-hybridized carbons (Fsp3) is 0.429. The van der Waals surface area contributed by atoms with Crippen LogP contribution in [0.2, 0.25) is 0 Å². The van der Waals surface area contributed by atoms with Crippen molar-refractivity contribution in [1.82, 2.24) is 9.78 Å². The number of aromatic nitrogens is 2. The van der Waals surface area contributed by atoms with Crippen molar-refractivity contribution in [2.45, 2.75) is 38.1 Å². The number of anilines is 1. The Bertz CT molecular complexity index is 539. The summed E-state index contributed by atoms with van der Waals surface area (Å²) in [4.78, 5) is 12.0. The van der Waals surface area contributed by atoms with E-state index in [4.69, 9.17) is 4.42 Å². The molecule has 0 spiro atoms. The largest absolute Gasteiger partial charge is 0.459 e. The summed E-state index contributed by atoms with van der Waals surface area (Å²) in [7, 11) is 0. The first-order valence-corrected chi connectivity index (χ1v) is 6.73. The van der Waals surface area contributed by atoms with Crippen molar-refractivity contribution in [3.63, 3.8) is 0 Å². The minimum atomic E-state index is -0.234. The molecule has 0 bridgehead atoms. The molecule has 5 nitrogen and oxygen atoms in total. The monoisotopic (exact) mass is 259 g/mol. The van der Waals surface area contributed by atoms with E-state index in [1.165, 1.54) is 25.5 Å². The van der Waals surface area contributed by atoms with Crippen molar-refractivity contribution in [1.29, 1.82) is 0 Å². The minimum Gasteiger partial charge on any atom is -0.459 e. The molecule has 0 aromatic carbocycles. The molecule has 0 saturated heterocycles. The third kappa shape index (κ3) is 2.54. The minimum absolute atomic E-state index is 0.234. The van der Waals surface area contributed by atoms with Gasteiger partial charge in [-0.15, -0.1) is 0 Å². The van der Waals surface area contributed by atoms with Gasteiger partial charge >= 0.3 is 0 Å². The van der Waals surface area contributed by atoms with E-state index < -0.39 is 0 Å². The number of rotatable bonds is 3. The van der Waals surface area contributed by atoms with Gasteiger partial charge in [-0.3, -0.25) is 4.79 Å². The van der Waals surface area contributed by atoms with Crippen LogP contribution in [0.5, 0.6) is 0 Å². The summed E-state index contributed by atoms with van der Waals surface area (Å²) >= 11 is 0. The third-order valence-electron chi connectivity index (χ3n) is 3.58.